The maximum absolute atomic E-state index is 12.1. The summed E-state index contributed by atoms with van der Waals surface area (Å²) in [6.45, 7) is 1.45. The first-order valence-corrected chi connectivity index (χ1v) is 7.33. The number of aliphatic hydroxyl groups excluding tert-OH is 1. The van der Waals surface area contributed by atoms with E-state index in [2.05, 4.69) is 10.6 Å². The molecule has 110 valence electrons. The molecule has 21 heavy (non-hydrogen) atoms. The lowest BCUT2D eigenvalue weighted by Gasteiger charge is -2.15. The third-order valence-electron chi connectivity index (χ3n) is 2.93. The quantitative estimate of drug-likeness (QED) is 0.790. The van der Waals surface area contributed by atoms with Crippen LogP contribution in [0.15, 0.2) is 41.8 Å². The van der Waals surface area contributed by atoms with E-state index in [0.717, 1.165) is 0 Å². The topological polar surface area (TPSA) is 78.4 Å². The van der Waals surface area contributed by atoms with Crippen LogP contribution in [-0.4, -0.2) is 23.0 Å². The number of carbonyl (C=O) groups is 2. The Balaban J connectivity index is 1.98. The number of amides is 2. The van der Waals surface area contributed by atoms with Crippen molar-refractivity contribution >= 4 is 28.8 Å². The fraction of sp³-hybridized carbons (Fsp3) is 0.200. The number of aliphatic hydroxyl groups is 1. The first-order valence-electron chi connectivity index (χ1n) is 6.46. The maximum Gasteiger partial charge on any atom is 0.261 e. The van der Waals surface area contributed by atoms with Gasteiger partial charge in [0.1, 0.15) is 6.04 Å². The highest BCUT2D eigenvalue weighted by molar-refractivity contribution is 7.12. The summed E-state index contributed by atoms with van der Waals surface area (Å²) in [6.07, 6.45) is 0. The van der Waals surface area contributed by atoms with Crippen LogP contribution in [0.2, 0.25) is 0 Å². The minimum absolute atomic E-state index is 0.160. The van der Waals surface area contributed by atoms with Gasteiger partial charge in [-0.05, 0) is 24.4 Å². The Bertz CT molecular complexity index is 626. The minimum Gasteiger partial charge on any atom is -0.392 e. The molecule has 1 unspecified atom stereocenters. The van der Waals surface area contributed by atoms with Crippen LogP contribution in [0.25, 0.3) is 0 Å². The van der Waals surface area contributed by atoms with E-state index in [9.17, 15) is 14.7 Å². The van der Waals surface area contributed by atoms with E-state index in [-0.39, 0.29) is 18.4 Å². The zero-order valence-corrected chi connectivity index (χ0v) is 12.3. The van der Waals surface area contributed by atoms with Gasteiger partial charge in [0.15, 0.2) is 0 Å². The van der Waals surface area contributed by atoms with Gasteiger partial charge < -0.3 is 15.7 Å². The molecule has 1 aromatic carbocycles. The summed E-state index contributed by atoms with van der Waals surface area (Å²) >= 11 is 1.32. The second kappa shape index (κ2) is 7.01. The normalized spacial score (nSPS) is 11.7. The molecule has 0 aliphatic carbocycles. The lowest BCUT2D eigenvalue weighted by molar-refractivity contribution is -0.117. The van der Waals surface area contributed by atoms with Crippen LogP contribution in [-0.2, 0) is 11.4 Å². The van der Waals surface area contributed by atoms with Gasteiger partial charge >= 0.3 is 0 Å². The first kappa shape index (κ1) is 15.2. The van der Waals surface area contributed by atoms with E-state index in [4.69, 9.17) is 0 Å². The summed E-state index contributed by atoms with van der Waals surface area (Å²) in [5.41, 5.74) is 1.17. The van der Waals surface area contributed by atoms with Crippen LogP contribution in [0, 0.1) is 0 Å². The van der Waals surface area contributed by atoms with Crippen LogP contribution in [0.1, 0.15) is 22.2 Å². The van der Waals surface area contributed by atoms with E-state index in [1.807, 2.05) is 0 Å². The molecule has 1 atom stereocenters. The largest absolute Gasteiger partial charge is 0.392 e. The summed E-state index contributed by atoms with van der Waals surface area (Å²) in [4.78, 5) is 24.5. The average molecular weight is 304 g/mol. The summed E-state index contributed by atoms with van der Waals surface area (Å²) in [5.74, 6) is -0.608. The van der Waals surface area contributed by atoms with Crippen molar-refractivity contribution in [3.8, 4) is 0 Å². The molecular weight excluding hydrogens is 288 g/mol. The van der Waals surface area contributed by atoms with Gasteiger partial charge in [0.05, 0.1) is 11.5 Å². The molecule has 2 rings (SSSR count). The Hall–Kier alpha value is -2.18. The Kier molecular flexibility index (Phi) is 5.08. The number of hydrogen-bond acceptors (Lipinski definition) is 4. The van der Waals surface area contributed by atoms with Crippen molar-refractivity contribution in [2.45, 2.75) is 19.6 Å². The molecule has 2 amide bonds. The Morgan fingerprint density at radius 1 is 1.24 bits per heavy atom. The van der Waals surface area contributed by atoms with Crippen LogP contribution in [0.5, 0.6) is 0 Å². The van der Waals surface area contributed by atoms with Crippen LogP contribution >= 0.6 is 11.3 Å². The molecule has 0 fully saturated rings. The molecule has 0 aliphatic rings. The molecule has 0 aliphatic heterocycles. The molecule has 0 radical (unpaired) electrons. The van der Waals surface area contributed by atoms with Gasteiger partial charge in [0.2, 0.25) is 5.91 Å². The third-order valence-corrected chi connectivity index (χ3v) is 3.80. The fourth-order valence-corrected chi connectivity index (χ4v) is 2.39. The highest BCUT2D eigenvalue weighted by Crippen LogP contribution is 2.15. The summed E-state index contributed by atoms with van der Waals surface area (Å²) < 4.78 is 0. The van der Waals surface area contributed by atoms with E-state index in [1.165, 1.54) is 11.3 Å². The van der Waals surface area contributed by atoms with Crippen molar-refractivity contribution in [1.82, 2.24) is 5.32 Å². The van der Waals surface area contributed by atoms with Gasteiger partial charge in [-0.1, -0.05) is 24.3 Å². The predicted molar refractivity (Wildman–Crippen MR) is 82.2 cm³/mol. The second-order valence-corrected chi connectivity index (χ2v) is 5.42. The molecule has 0 spiro atoms. The number of benzene rings is 1. The highest BCUT2D eigenvalue weighted by atomic mass is 32.1. The van der Waals surface area contributed by atoms with Gasteiger partial charge in [-0.25, -0.2) is 0 Å². The fourth-order valence-electron chi connectivity index (χ4n) is 1.76. The average Bonchev–Trinajstić information content (AvgIpc) is 3.02. The van der Waals surface area contributed by atoms with Crippen molar-refractivity contribution in [2.24, 2.45) is 0 Å². The molecule has 6 heteroatoms. The van der Waals surface area contributed by atoms with E-state index in [0.29, 0.717) is 16.1 Å². The smallest absolute Gasteiger partial charge is 0.261 e. The van der Waals surface area contributed by atoms with Crippen molar-refractivity contribution in [3.63, 3.8) is 0 Å². The van der Waals surface area contributed by atoms with E-state index >= 15 is 0 Å². The van der Waals surface area contributed by atoms with E-state index in [1.54, 1.807) is 48.7 Å². The number of nitrogens with one attached hydrogen (secondary N) is 2. The Morgan fingerprint density at radius 2 is 2.00 bits per heavy atom. The summed E-state index contributed by atoms with van der Waals surface area (Å²) in [7, 11) is 0. The van der Waals surface area contributed by atoms with Gasteiger partial charge in [0.25, 0.3) is 5.91 Å². The molecule has 3 N–H and O–H groups in total. The Morgan fingerprint density at radius 3 is 2.67 bits per heavy atom. The van der Waals surface area contributed by atoms with Crippen LogP contribution in [0.4, 0.5) is 5.69 Å². The number of hydrogen-bond donors (Lipinski definition) is 3. The summed E-state index contributed by atoms with van der Waals surface area (Å²) in [6, 6.07) is 9.79. The molecule has 0 saturated carbocycles. The number of carbonyl (C=O) groups excluding carboxylic acids is 2. The number of rotatable bonds is 5. The zero-order chi connectivity index (χ0) is 15.2. The molecular formula is C15H16N2O3S. The lowest BCUT2D eigenvalue weighted by atomic mass is 10.2. The predicted octanol–water partition coefficient (Wildman–Crippen LogP) is 2.00. The van der Waals surface area contributed by atoms with Crippen molar-refractivity contribution in [1.29, 1.82) is 0 Å². The lowest BCUT2D eigenvalue weighted by Crippen LogP contribution is -2.41. The summed E-state index contributed by atoms with van der Waals surface area (Å²) in [5, 5.41) is 16.4. The van der Waals surface area contributed by atoms with Gasteiger partial charge in [0, 0.05) is 11.3 Å². The van der Waals surface area contributed by atoms with Crippen LogP contribution < -0.4 is 10.6 Å². The third kappa shape index (κ3) is 3.90. The highest BCUT2D eigenvalue weighted by Gasteiger charge is 2.17. The maximum atomic E-state index is 12.1. The number of thiophene rings is 1. The van der Waals surface area contributed by atoms with Gasteiger partial charge in [-0.3, -0.25) is 9.59 Å². The molecule has 0 bridgehead atoms. The zero-order valence-electron chi connectivity index (χ0n) is 11.5. The van der Waals surface area contributed by atoms with Crippen molar-refractivity contribution in [2.75, 3.05) is 5.32 Å². The standard InChI is InChI=1S/C15H16N2O3S/c1-10(16-15(20)13-7-4-8-21-13)14(19)17-12-6-3-2-5-11(12)9-18/h2-8,10,18H,9H2,1H3,(H,16,20)(H,17,19). The van der Waals surface area contributed by atoms with E-state index < -0.39 is 6.04 Å². The molecule has 0 saturated heterocycles. The molecule has 1 heterocycles. The number of para-hydroxylation sites is 1. The van der Waals surface area contributed by atoms with Gasteiger partial charge in [-0.15, -0.1) is 11.3 Å². The SMILES string of the molecule is CC(NC(=O)c1cccs1)C(=O)Nc1ccccc1CO. The van der Waals surface area contributed by atoms with Crippen LogP contribution in [0.3, 0.4) is 0 Å². The minimum atomic E-state index is -0.675. The monoisotopic (exact) mass is 304 g/mol. The Labute approximate surface area is 126 Å². The number of anilines is 1. The first-order chi connectivity index (χ1) is 10.1. The second-order valence-electron chi connectivity index (χ2n) is 4.48. The van der Waals surface area contributed by atoms with Gasteiger partial charge in [-0.2, -0.15) is 0 Å². The van der Waals surface area contributed by atoms with Crippen molar-refractivity contribution < 1.29 is 14.7 Å². The van der Waals surface area contributed by atoms with Crippen molar-refractivity contribution in [3.05, 3.63) is 52.2 Å². The molecule has 5 nitrogen and oxygen atoms in total. The molecule has 1 aromatic heterocycles. The molecule has 2 aromatic rings.